The standard InChI is InChI=1S/C16H16ClN5S/c1-21-12-18-10-14(21)11-22(9-5-8-17)16-19-15(20-23-16)13-6-3-2-4-7-13/h2-8,10,12H,9,11H2,1H3/b8-5+. The first-order valence-electron chi connectivity index (χ1n) is 7.12. The molecule has 23 heavy (non-hydrogen) atoms. The van der Waals surface area contributed by atoms with Gasteiger partial charge in [0.15, 0.2) is 5.82 Å². The molecule has 3 aromatic rings. The molecule has 0 radical (unpaired) electrons. The Bertz CT molecular complexity index is 781. The maximum Gasteiger partial charge on any atom is 0.206 e. The zero-order valence-electron chi connectivity index (χ0n) is 12.6. The van der Waals surface area contributed by atoms with E-state index in [1.54, 1.807) is 6.33 Å². The molecule has 0 unspecified atom stereocenters. The zero-order valence-corrected chi connectivity index (χ0v) is 14.2. The molecule has 7 heteroatoms. The lowest BCUT2D eigenvalue weighted by molar-refractivity contribution is 0.766. The van der Waals surface area contributed by atoms with E-state index in [-0.39, 0.29) is 0 Å². The van der Waals surface area contributed by atoms with Crippen molar-refractivity contribution in [1.29, 1.82) is 0 Å². The summed E-state index contributed by atoms with van der Waals surface area (Å²) in [6.45, 7) is 1.36. The topological polar surface area (TPSA) is 46.8 Å². The lowest BCUT2D eigenvalue weighted by Gasteiger charge is -2.19. The van der Waals surface area contributed by atoms with Crippen LogP contribution < -0.4 is 4.90 Å². The maximum absolute atomic E-state index is 5.69. The van der Waals surface area contributed by atoms with Crippen LogP contribution in [0, 0.1) is 0 Å². The van der Waals surface area contributed by atoms with E-state index in [1.807, 2.05) is 54.2 Å². The molecular weight excluding hydrogens is 330 g/mol. The second-order valence-electron chi connectivity index (χ2n) is 5.00. The first kappa shape index (κ1) is 15.7. The van der Waals surface area contributed by atoms with Gasteiger partial charge in [0.05, 0.1) is 18.6 Å². The molecule has 3 rings (SSSR count). The van der Waals surface area contributed by atoms with E-state index in [0.29, 0.717) is 13.1 Å². The third kappa shape index (κ3) is 3.78. The third-order valence-corrected chi connectivity index (χ3v) is 4.36. The van der Waals surface area contributed by atoms with E-state index in [1.165, 1.54) is 17.1 Å². The Hall–Kier alpha value is -2.18. The number of hydrogen-bond acceptors (Lipinski definition) is 5. The van der Waals surface area contributed by atoms with Crippen molar-refractivity contribution in [3.8, 4) is 11.4 Å². The minimum Gasteiger partial charge on any atom is -0.337 e. The van der Waals surface area contributed by atoms with E-state index in [0.717, 1.165) is 22.2 Å². The fourth-order valence-corrected chi connectivity index (χ4v) is 2.93. The number of rotatable bonds is 6. The van der Waals surface area contributed by atoms with Crippen molar-refractivity contribution in [2.45, 2.75) is 6.54 Å². The van der Waals surface area contributed by atoms with Gasteiger partial charge in [-0.15, -0.1) is 0 Å². The van der Waals surface area contributed by atoms with Crippen LogP contribution in [0.3, 0.4) is 0 Å². The molecular formula is C16H16ClN5S. The van der Waals surface area contributed by atoms with Gasteiger partial charge in [-0.1, -0.05) is 48.0 Å². The van der Waals surface area contributed by atoms with Gasteiger partial charge in [-0.25, -0.2) is 4.98 Å². The average Bonchev–Trinajstić information content (AvgIpc) is 3.22. The van der Waals surface area contributed by atoms with Gasteiger partial charge >= 0.3 is 0 Å². The Labute approximate surface area is 144 Å². The fraction of sp³-hybridized carbons (Fsp3) is 0.188. The summed E-state index contributed by atoms with van der Waals surface area (Å²) in [6, 6.07) is 9.97. The first-order valence-corrected chi connectivity index (χ1v) is 8.33. The number of anilines is 1. The van der Waals surface area contributed by atoms with Gasteiger partial charge in [0.25, 0.3) is 0 Å². The minimum atomic E-state index is 0.665. The summed E-state index contributed by atoms with van der Waals surface area (Å²) in [6.07, 6.45) is 5.54. The molecule has 0 aliphatic rings. The lowest BCUT2D eigenvalue weighted by Crippen LogP contribution is -2.23. The number of nitrogens with zero attached hydrogens (tertiary/aromatic N) is 5. The molecule has 0 fully saturated rings. The number of benzene rings is 1. The Balaban J connectivity index is 1.85. The zero-order chi connectivity index (χ0) is 16.1. The van der Waals surface area contributed by atoms with Crippen LogP contribution in [0.5, 0.6) is 0 Å². The molecule has 118 valence electrons. The summed E-state index contributed by atoms with van der Waals surface area (Å²) in [7, 11) is 1.98. The molecule has 2 heterocycles. The molecule has 0 saturated carbocycles. The van der Waals surface area contributed by atoms with Crippen molar-refractivity contribution in [2.75, 3.05) is 11.4 Å². The van der Waals surface area contributed by atoms with Gasteiger partial charge in [0.2, 0.25) is 5.13 Å². The smallest absolute Gasteiger partial charge is 0.206 e. The molecule has 0 amide bonds. The van der Waals surface area contributed by atoms with Crippen molar-refractivity contribution in [3.63, 3.8) is 0 Å². The third-order valence-electron chi connectivity index (χ3n) is 3.40. The number of imidazole rings is 1. The molecule has 0 saturated heterocycles. The predicted octanol–water partition coefficient (Wildman–Crippen LogP) is 3.70. The Kier molecular flexibility index (Phi) is 5.05. The summed E-state index contributed by atoms with van der Waals surface area (Å²) >= 11 is 7.08. The maximum atomic E-state index is 5.69. The van der Waals surface area contributed by atoms with Crippen molar-refractivity contribution in [3.05, 3.63) is 60.2 Å². The van der Waals surface area contributed by atoms with Crippen LogP contribution >= 0.6 is 23.1 Å². The first-order chi connectivity index (χ1) is 11.3. The van der Waals surface area contributed by atoms with Crippen LogP contribution in [0.25, 0.3) is 11.4 Å². The lowest BCUT2D eigenvalue weighted by atomic mass is 10.2. The van der Waals surface area contributed by atoms with Crippen molar-refractivity contribution in [1.82, 2.24) is 18.9 Å². The molecule has 0 aliphatic carbocycles. The number of hydrogen-bond donors (Lipinski definition) is 0. The van der Waals surface area contributed by atoms with Gasteiger partial charge < -0.3 is 9.47 Å². The minimum absolute atomic E-state index is 0.665. The SMILES string of the molecule is Cn1cncc1CN(C/C=C/Cl)c1nc(-c2ccccc2)ns1. The van der Waals surface area contributed by atoms with Crippen molar-refractivity contribution >= 4 is 28.3 Å². The van der Waals surface area contributed by atoms with Crippen molar-refractivity contribution in [2.24, 2.45) is 7.05 Å². The van der Waals surface area contributed by atoms with Crippen LogP contribution in [0.1, 0.15) is 5.69 Å². The fourth-order valence-electron chi connectivity index (χ4n) is 2.16. The van der Waals surface area contributed by atoms with Crippen LogP contribution in [-0.4, -0.2) is 25.5 Å². The van der Waals surface area contributed by atoms with Gasteiger partial charge in [0, 0.05) is 42.4 Å². The molecule has 0 spiro atoms. The normalized spacial score (nSPS) is 11.2. The van der Waals surface area contributed by atoms with E-state index >= 15 is 0 Å². The second kappa shape index (κ2) is 7.39. The monoisotopic (exact) mass is 345 g/mol. The summed E-state index contributed by atoms with van der Waals surface area (Å²) in [4.78, 5) is 11.0. The van der Waals surface area contributed by atoms with Crippen LogP contribution in [0.2, 0.25) is 0 Å². The molecule has 2 aromatic heterocycles. The van der Waals surface area contributed by atoms with Crippen molar-refractivity contribution < 1.29 is 0 Å². The van der Waals surface area contributed by atoms with Gasteiger partial charge in [-0.05, 0) is 0 Å². The molecule has 5 nitrogen and oxygen atoms in total. The predicted molar refractivity (Wildman–Crippen MR) is 94.6 cm³/mol. The Morgan fingerprint density at radius 2 is 2.13 bits per heavy atom. The molecule has 0 N–H and O–H groups in total. The van der Waals surface area contributed by atoms with E-state index in [2.05, 4.69) is 19.2 Å². The molecule has 0 atom stereocenters. The van der Waals surface area contributed by atoms with E-state index < -0.39 is 0 Å². The summed E-state index contributed by atoms with van der Waals surface area (Å²) in [5, 5.41) is 0.861. The second-order valence-corrected chi connectivity index (χ2v) is 5.99. The van der Waals surface area contributed by atoms with E-state index in [4.69, 9.17) is 11.6 Å². The van der Waals surface area contributed by atoms with Gasteiger partial charge in [0.1, 0.15) is 0 Å². The van der Waals surface area contributed by atoms with Crippen LogP contribution in [0.4, 0.5) is 5.13 Å². The summed E-state index contributed by atoms with van der Waals surface area (Å²) < 4.78 is 6.47. The Morgan fingerprint density at radius 1 is 1.30 bits per heavy atom. The van der Waals surface area contributed by atoms with Crippen LogP contribution in [-0.2, 0) is 13.6 Å². The number of aryl methyl sites for hydroxylation is 1. The summed E-state index contributed by atoms with van der Waals surface area (Å²) in [5.74, 6) is 0.746. The molecule has 1 aromatic carbocycles. The number of aromatic nitrogens is 4. The highest BCUT2D eigenvalue weighted by Crippen LogP contribution is 2.25. The quantitative estimate of drug-likeness (QED) is 0.683. The molecule has 0 bridgehead atoms. The highest BCUT2D eigenvalue weighted by Gasteiger charge is 2.14. The average molecular weight is 346 g/mol. The summed E-state index contributed by atoms with van der Waals surface area (Å²) in [5.41, 5.74) is 3.64. The Morgan fingerprint density at radius 3 is 2.83 bits per heavy atom. The van der Waals surface area contributed by atoms with Gasteiger partial charge in [-0.2, -0.15) is 9.36 Å². The largest absolute Gasteiger partial charge is 0.337 e. The van der Waals surface area contributed by atoms with Gasteiger partial charge in [-0.3, -0.25) is 0 Å². The number of halogens is 1. The van der Waals surface area contributed by atoms with Crippen LogP contribution in [0.15, 0.2) is 54.5 Å². The highest BCUT2D eigenvalue weighted by molar-refractivity contribution is 7.09. The molecule has 0 aliphatic heterocycles. The highest BCUT2D eigenvalue weighted by atomic mass is 35.5. The van der Waals surface area contributed by atoms with E-state index in [9.17, 15) is 0 Å².